The highest BCUT2D eigenvalue weighted by Crippen LogP contribution is 2.27. The Bertz CT molecular complexity index is 1090. The van der Waals surface area contributed by atoms with Crippen LogP contribution in [-0.4, -0.2) is 32.7 Å². The van der Waals surface area contributed by atoms with E-state index in [9.17, 15) is 13.2 Å². The summed E-state index contributed by atoms with van der Waals surface area (Å²) in [6, 6.07) is 13.7. The molecule has 2 aromatic carbocycles. The number of hydrogen-bond donors (Lipinski definition) is 1. The van der Waals surface area contributed by atoms with Gasteiger partial charge in [0.25, 0.3) is 0 Å². The number of nitrogens with zero attached hydrogens (tertiary/aromatic N) is 1. The van der Waals surface area contributed by atoms with Crippen molar-refractivity contribution in [1.29, 1.82) is 0 Å². The Labute approximate surface area is 167 Å². The molecular weight excluding hydrogens is 400 g/mol. The number of nitrogens with one attached hydrogen (secondary N) is 1. The van der Waals surface area contributed by atoms with E-state index in [0.717, 1.165) is 22.6 Å². The predicted octanol–water partition coefficient (Wildman–Crippen LogP) is 3.55. The van der Waals surface area contributed by atoms with Crippen molar-refractivity contribution in [2.75, 3.05) is 18.1 Å². The SMILES string of the molecule is COc1cccc(-c2nc(COC(=O)c3cccc(NS(C)(=O)=O)c3)cs2)c1. The topological polar surface area (TPSA) is 94.6 Å². The molecule has 0 aliphatic heterocycles. The summed E-state index contributed by atoms with van der Waals surface area (Å²) < 4.78 is 35.5. The van der Waals surface area contributed by atoms with Gasteiger partial charge in [-0.3, -0.25) is 4.72 Å². The first-order chi connectivity index (χ1) is 13.3. The van der Waals surface area contributed by atoms with Gasteiger partial charge >= 0.3 is 5.97 Å². The van der Waals surface area contributed by atoms with Crippen LogP contribution >= 0.6 is 11.3 Å². The molecular formula is C19H18N2O5S2. The van der Waals surface area contributed by atoms with Crippen LogP contribution in [0.4, 0.5) is 5.69 Å². The second-order valence-corrected chi connectivity index (χ2v) is 8.51. The summed E-state index contributed by atoms with van der Waals surface area (Å²) in [5, 5.41) is 2.62. The molecule has 3 aromatic rings. The molecule has 0 saturated heterocycles. The zero-order chi connectivity index (χ0) is 20.1. The quantitative estimate of drug-likeness (QED) is 0.590. The van der Waals surface area contributed by atoms with Gasteiger partial charge < -0.3 is 9.47 Å². The third kappa shape index (κ3) is 5.30. The van der Waals surface area contributed by atoms with Crippen molar-refractivity contribution < 1.29 is 22.7 Å². The largest absolute Gasteiger partial charge is 0.497 e. The lowest BCUT2D eigenvalue weighted by molar-refractivity contribution is 0.0468. The standard InChI is InChI=1S/C19H18N2O5S2/c1-25-17-8-4-5-13(10-17)18-20-16(12-27-18)11-26-19(22)14-6-3-7-15(9-14)21-28(2,23)24/h3-10,12,21H,11H2,1-2H3. The normalized spacial score (nSPS) is 11.1. The van der Waals surface area contributed by atoms with Crippen molar-refractivity contribution in [2.45, 2.75) is 6.61 Å². The number of thiazole rings is 1. The molecule has 0 radical (unpaired) electrons. The van der Waals surface area contributed by atoms with Crippen LogP contribution in [-0.2, 0) is 21.4 Å². The Morgan fingerprint density at radius 1 is 1.18 bits per heavy atom. The molecule has 0 aliphatic carbocycles. The summed E-state index contributed by atoms with van der Waals surface area (Å²) in [6.45, 7) is 0.0169. The van der Waals surface area contributed by atoms with Crippen LogP contribution in [0, 0.1) is 0 Å². The highest BCUT2D eigenvalue weighted by molar-refractivity contribution is 7.92. The predicted molar refractivity (Wildman–Crippen MR) is 108 cm³/mol. The van der Waals surface area contributed by atoms with Gasteiger partial charge in [-0.1, -0.05) is 18.2 Å². The van der Waals surface area contributed by atoms with Crippen LogP contribution in [0.1, 0.15) is 16.1 Å². The van der Waals surface area contributed by atoms with E-state index in [-0.39, 0.29) is 12.2 Å². The van der Waals surface area contributed by atoms with Gasteiger partial charge in [0, 0.05) is 16.6 Å². The molecule has 0 aliphatic rings. The molecule has 7 nitrogen and oxygen atoms in total. The summed E-state index contributed by atoms with van der Waals surface area (Å²) in [5.41, 5.74) is 2.09. The van der Waals surface area contributed by atoms with Crippen molar-refractivity contribution >= 4 is 33.0 Å². The Morgan fingerprint density at radius 2 is 1.96 bits per heavy atom. The highest BCUT2D eigenvalue weighted by atomic mass is 32.2. The molecule has 28 heavy (non-hydrogen) atoms. The molecule has 1 N–H and O–H groups in total. The van der Waals surface area contributed by atoms with E-state index >= 15 is 0 Å². The average molecular weight is 418 g/mol. The minimum Gasteiger partial charge on any atom is -0.497 e. The van der Waals surface area contributed by atoms with Gasteiger partial charge in [-0.2, -0.15) is 0 Å². The van der Waals surface area contributed by atoms with Crippen LogP contribution in [0.3, 0.4) is 0 Å². The highest BCUT2D eigenvalue weighted by Gasteiger charge is 2.12. The summed E-state index contributed by atoms with van der Waals surface area (Å²) in [6.07, 6.45) is 1.04. The number of hydrogen-bond acceptors (Lipinski definition) is 7. The molecule has 0 amide bonds. The van der Waals surface area contributed by atoms with E-state index in [4.69, 9.17) is 9.47 Å². The molecule has 3 rings (SSSR count). The van der Waals surface area contributed by atoms with Crippen LogP contribution < -0.4 is 9.46 Å². The lowest BCUT2D eigenvalue weighted by Crippen LogP contribution is -2.11. The molecule has 0 atom stereocenters. The molecule has 0 bridgehead atoms. The number of carbonyl (C=O) groups excluding carboxylic acids is 1. The molecule has 0 saturated carbocycles. The Balaban J connectivity index is 1.65. The molecule has 9 heteroatoms. The van der Waals surface area contributed by atoms with E-state index in [1.165, 1.54) is 17.4 Å². The zero-order valence-electron chi connectivity index (χ0n) is 15.2. The van der Waals surface area contributed by atoms with Crippen LogP contribution in [0.25, 0.3) is 10.6 Å². The Kier molecular flexibility index (Phi) is 5.96. The zero-order valence-corrected chi connectivity index (χ0v) is 16.8. The van der Waals surface area contributed by atoms with E-state index in [2.05, 4.69) is 9.71 Å². The summed E-state index contributed by atoms with van der Waals surface area (Å²) >= 11 is 1.44. The van der Waals surface area contributed by atoms with Gasteiger partial charge in [-0.05, 0) is 30.3 Å². The molecule has 0 fully saturated rings. The van der Waals surface area contributed by atoms with E-state index < -0.39 is 16.0 Å². The molecule has 146 valence electrons. The smallest absolute Gasteiger partial charge is 0.338 e. The number of rotatable bonds is 7. The molecule has 0 unspecified atom stereocenters. The van der Waals surface area contributed by atoms with Crippen molar-refractivity contribution in [3.8, 4) is 16.3 Å². The second kappa shape index (κ2) is 8.41. The van der Waals surface area contributed by atoms with Gasteiger partial charge in [-0.25, -0.2) is 18.2 Å². The van der Waals surface area contributed by atoms with E-state index in [1.54, 1.807) is 25.3 Å². The number of ether oxygens (including phenoxy) is 2. The number of anilines is 1. The van der Waals surface area contributed by atoms with Crippen molar-refractivity contribution in [3.63, 3.8) is 0 Å². The van der Waals surface area contributed by atoms with Gasteiger partial charge in [0.15, 0.2) is 0 Å². The summed E-state index contributed by atoms with van der Waals surface area (Å²) in [4.78, 5) is 16.7. The molecule has 1 heterocycles. The fraction of sp³-hybridized carbons (Fsp3) is 0.158. The summed E-state index contributed by atoms with van der Waals surface area (Å²) in [5.74, 6) is 0.177. The maximum absolute atomic E-state index is 12.3. The minimum atomic E-state index is -3.42. The van der Waals surface area contributed by atoms with E-state index in [1.807, 2.05) is 29.6 Å². The first-order valence-corrected chi connectivity index (χ1v) is 10.9. The summed E-state index contributed by atoms with van der Waals surface area (Å²) in [7, 11) is -1.82. The van der Waals surface area contributed by atoms with Crippen LogP contribution in [0.15, 0.2) is 53.9 Å². The fourth-order valence-corrected chi connectivity index (χ4v) is 3.77. The fourth-order valence-electron chi connectivity index (χ4n) is 2.41. The Hall–Kier alpha value is -2.91. The van der Waals surface area contributed by atoms with Gasteiger partial charge in [0.05, 0.1) is 24.6 Å². The van der Waals surface area contributed by atoms with Crippen molar-refractivity contribution in [1.82, 2.24) is 4.98 Å². The number of carbonyl (C=O) groups is 1. The third-order valence-electron chi connectivity index (χ3n) is 3.62. The second-order valence-electron chi connectivity index (χ2n) is 5.91. The van der Waals surface area contributed by atoms with E-state index in [0.29, 0.717) is 11.4 Å². The Morgan fingerprint density at radius 3 is 2.71 bits per heavy atom. The van der Waals surface area contributed by atoms with Gasteiger partial charge in [-0.15, -0.1) is 11.3 Å². The third-order valence-corrected chi connectivity index (χ3v) is 5.17. The average Bonchev–Trinajstić information content (AvgIpc) is 3.14. The maximum atomic E-state index is 12.3. The first-order valence-electron chi connectivity index (χ1n) is 8.18. The first kappa shape index (κ1) is 19.8. The van der Waals surface area contributed by atoms with Gasteiger partial charge in [0.2, 0.25) is 10.0 Å². The maximum Gasteiger partial charge on any atom is 0.338 e. The van der Waals surface area contributed by atoms with Crippen molar-refractivity contribution in [3.05, 3.63) is 65.2 Å². The number of methoxy groups -OCH3 is 1. The number of aromatic nitrogens is 1. The number of esters is 1. The lowest BCUT2D eigenvalue weighted by atomic mass is 10.2. The molecule has 0 spiro atoms. The van der Waals surface area contributed by atoms with Crippen LogP contribution in [0.5, 0.6) is 5.75 Å². The van der Waals surface area contributed by atoms with Gasteiger partial charge in [0.1, 0.15) is 17.4 Å². The minimum absolute atomic E-state index is 0.0169. The van der Waals surface area contributed by atoms with Crippen LogP contribution in [0.2, 0.25) is 0 Å². The number of benzene rings is 2. The molecule has 1 aromatic heterocycles. The number of sulfonamides is 1. The monoisotopic (exact) mass is 418 g/mol. The lowest BCUT2D eigenvalue weighted by Gasteiger charge is -2.06. The van der Waals surface area contributed by atoms with Crippen molar-refractivity contribution in [2.24, 2.45) is 0 Å².